The second-order valence-corrected chi connectivity index (χ2v) is 8.17. The van der Waals surface area contributed by atoms with Crippen molar-refractivity contribution in [3.63, 3.8) is 0 Å². The van der Waals surface area contributed by atoms with Gasteiger partial charge in [0.05, 0.1) is 31.1 Å². The van der Waals surface area contributed by atoms with Gasteiger partial charge < -0.3 is 10.1 Å². The molecule has 0 fully saturated rings. The van der Waals surface area contributed by atoms with E-state index in [1.54, 1.807) is 36.9 Å². The summed E-state index contributed by atoms with van der Waals surface area (Å²) in [4.78, 5) is 32.9. The van der Waals surface area contributed by atoms with Crippen LogP contribution in [0.3, 0.4) is 0 Å². The Kier molecular flexibility index (Phi) is 5.61. The number of carbonyl (C=O) groups excluding carboxylic acids is 1. The van der Waals surface area contributed by atoms with E-state index in [0.717, 1.165) is 22.6 Å². The van der Waals surface area contributed by atoms with Crippen LogP contribution in [0.4, 0.5) is 5.82 Å². The Labute approximate surface area is 200 Å². The smallest absolute Gasteiger partial charge is 0.263 e. The summed E-state index contributed by atoms with van der Waals surface area (Å²) in [5.74, 6) is 1.05. The summed E-state index contributed by atoms with van der Waals surface area (Å²) in [6, 6.07) is 16.7. The molecule has 3 aromatic heterocycles. The summed E-state index contributed by atoms with van der Waals surface area (Å²) < 4.78 is 8.17. The van der Waals surface area contributed by atoms with Crippen LogP contribution in [0.1, 0.15) is 16.8 Å². The molecule has 0 aliphatic carbocycles. The summed E-state index contributed by atoms with van der Waals surface area (Å²) in [6.07, 6.45) is 1.65. The summed E-state index contributed by atoms with van der Waals surface area (Å²) in [5.41, 5.74) is 3.40. The van der Waals surface area contributed by atoms with Gasteiger partial charge >= 0.3 is 0 Å². The number of amides is 1. The van der Waals surface area contributed by atoms with Crippen molar-refractivity contribution in [3.05, 3.63) is 88.0 Å². The van der Waals surface area contributed by atoms with E-state index in [0.29, 0.717) is 22.5 Å². The van der Waals surface area contributed by atoms with Crippen LogP contribution in [0, 0.1) is 13.8 Å². The number of aromatic nitrogens is 6. The number of methoxy groups -OCH3 is 1. The highest BCUT2D eigenvalue weighted by Crippen LogP contribution is 2.19. The largest absolute Gasteiger partial charge is 0.497 e. The molecule has 10 heteroatoms. The van der Waals surface area contributed by atoms with Gasteiger partial charge in [0.15, 0.2) is 5.65 Å². The van der Waals surface area contributed by atoms with Crippen molar-refractivity contribution in [1.82, 2.24) is 29.5 Å². The standard InChI is InChI=1S/C25H23N7O3/c1-15-4-8-18(9-5-15)31-23-20(14-26-31)24(34)29-25(28-23)32-21(12-16(2)30-32)27-22(33)13-17-6-10-19(35-3)11-7-17/h4-12,14H,13H2,1-3H3,(H,27,33)(H,28,29,34). The van der Waals surface area contributed by atoms with Gasteiger partial charge in [0, 0.05) is 6.07 Å². The van der Waals surface area contributed by atoms with E-state index in [1.165, 1.54) is 10.9 Å². The van der Waals surface area contributed by atoms with Gasteiger partial charge in [-0.3, -0.25) is 14.6 Å². The van der Waals surface area contributed by atoms with Crippen molar-refractivity contribution in [3.8, 4) is 17.4 Å². The molecular weight excluding hydrogens is 446 g/mol. The summed E-state index contributed by atoms with van der Waals surface area (Å²) in [5, 5.41) is 12.0. The molecule has 0 radical (unpaired) electrons. The first-order valence-corrected chi connectivity index (χ1v) is 11.0. The Bertz CT molecular complexity index is 1580. The van der Waals surface area contributed by atoms with Crippen molar-refractivity contribution < 1.29 is 9.53 Å². The minimum atomic E-state index is -0.355. The Hall–Kier alpha value is -4.73. The maximum Gasteiger partial charge on any atom is 0.263 e. The third-order valence-corrected chi connectivity index (χ3v) is 5.53. The quantitative estimate of drug-likeness (QED) is 0.394. The first-order chi connectivity index (χ1) is 16.9. The second-order valence-electron chi connectivity index (χ2n) is 8.17. The molecule has 0 spiro atoms. The number of nitrogens with one attached hydrogen (secondary N) is 2. The third kappa shape index (κ3) is 4.41. The first-order valence-electron chi connectivity index (χ1n) is 11.0. The second kappa shape index (κ2) is 8.90. The topological polar surface area (TPSA) is 120 Å². The monoisotopic (exact) mass is 469 g/mol. The predicted molar refractivity (Wildman–Crippen MR) is 131 cm³/mol. The van der Waals surface area contributed by atoms with Gasteiger partial charge in [0.1, 0.15) is 17.0 Å². The van der Waals surface area contributed by atoms with Gasteiger partial charge in [-0.15, -0.1) is 0 Å². The molecule has 3 heterocycles. The van der Waals surface area contributed by atoms with Gasteiger partial charge in [-0.2, -0.15) is 19.9 Å². The molecule has 5 aromatic rings. The fourth-order valence-corrected chi connectivity index (χ4v) is 3.75. The number of fused-ring (bicyclic) bond motifs is 1. The normalized spacial score (nSPS) is 11.1. The fourth-order valence-electron chi connectivity index (χ4n) is 3.75. The van der Waals surface area contributed by atoms with Crippen LogP contribution in [0.2, 0.25) is 0 Å². The van der Waals surface area contributed by atoms with E-state index in [-0.39, 0.29) is 23.8 Å². The highest BCUT2D eigenvalue weighted by Gasteiger charge is 2.17. The number of H-pyrrole nitrogens is 1. The summed E-state index contributed by atoms with van der Waals surface area (Å²) >= 11 is 0. The fraction of sp³-hybridized carbons (Fsp3) is 0.160. The van der Waals surface area contributed by atoms with Crippen molar-refractivity contribution in [2.75, 3.05) is 12.4 Å². The Balaban J connectivity index is 1.48. The molecule has 176 valence electrons. The van der Waals surface area contributed by atoms with E-state index < -0.39 is 0 Å². The zero-order valence-corrected chi connectivity index (χ0v) is 19.4. The molecule has 0 bridgehead atoms. The molecule has 0 unspecified atom stereocenters. The lowest BCUT2D eigenvalue weighted by atomic mass is 10.1. The van der Waals surface area contributed by atoms with Crippen LogP contribution < -0.4 is 15.6 Å². The first kappa shape index (κ1) is 22.1. The SMILES string of the molecule is COc1ccc(CC(=O)Nc2cc(C)nn2-c2nc3c(cnn3-c3ccc(C)cc3)c(=O)[nH]2)cc1. The molecular formula is C25H23N7O3. The third-order valence-electron chi connectivity index (χ3n) is 5.53. The molecule has 0 saturated heterocycles. The number of carbonyl (C=O) groups is 1. The number of rotatable bonds is 6. The van der Waals surface area contributed by atoms with Crippen LogP contribution in [0.25, 0.3) is 22.7 Å². The highest BCUT2D eigenvalue weighted by atomic mass is 16.5. The van der Waals surface area contributed by atoms with E-state index in [4.69, 9.17) is 4.74 Å². The highest BCUT2D eigenvalue weighted by molar-refractivity contribution is 5.91. The van der Waals surface area contributed by atoms with E-state index in [1.807, 2.05) is 43.3 Å². The number of nitrogens with zero attached hydrogens (tertiary/aromatic N) is 5. The van der Waals surface area contributed by atoms with Crippen LogP contribution in [-0.2, 0) is 11.2 Å². The van der Waals surface area contributed by atoms with E-state index in [9.17, 15) is 9.59 Å². The van der Waals surface area contributed by atoms with Gasteiger partial charge in [0.25, 0.3) is 5.56 Å². The minimum Gasteiger partial charge on any atom is -0.497 e. The Morgan fingerprint density at radius 3 is 2.51 bits per heavy atom. The number of benzene rings is 2. The zero-order chi connectivity index (χ0) is 24.5. The van der Waals surface area contributed by atoms with Crippen LogP contribution in [0.15, 0.2) is 65.6 Å². The number of anilines is 1. The average molecular weight is 470 g/mol. The van der Waals surface area contributed by atoms with Gasteiger partial charge in [0.2, 0.25) is 11.9 Å². The number of aromatic amines is 1. The van der Waals surface area contributed by atoms with Crippen molar-refractivity contribution in [2.45, 2.75) is 20.3 Å². The zero-order valence-electron chi connectivity index (χ0n) is 19.4. The predicted octanol–water partition coefficient (Wildman–Crippen LogP) is 3.10. The Morgan fingerprint density at radius 2 is 1.80 bits per heavy atom. The van der Waals surface area contributed by atoms with Crippen molar-refractivity contribution in [1.29, 1.82) is 0 Å². The molecule has 0 aliphatic heterocycles. The molecule has 0 atom stereocenters. The maximum atomic E-state index is 12.8. The minimum absolute atomic E-state index is 0.164. The molecule has 2 N–H and O–H groups in total. The summed E-state index contributed by atoms with van der Waals surface area (Å²) in [7, 11) is 1.59. The van der Waals surface area contributed by atoms with Crippen molar-refractivity contribution >= 4 is 22.8 Å². The van der Waals surface area contributed by atoms with E-state index in [2.05, 4.69) is 25.5 Å². The van der Waals surface area contributed by atoms with Crippen molar-refractivity contribution in [2.24, 2.45) is 0 Å². The van der Waals surface area contributed by atoms with Crippen LogP contribution >= 0.6 is 0 Å². The summed E-state index contributed by atoms with van der Waals surface area (Å²) in [6.45, 7) is 3.79. The molecule has 1 amide bonds. The number of ether oxygens (including phenoxy) is 1. The van der Waals surface area contributed by atoms with E-state index >= 15 is 0 Å². The molecule has 0 saturated carbocycles. The molecule has 2 aromatic carbocycles. The Morgan fingerprint density at radius 1 is 1.06 bits per heavy atom. The van der Waals surface area contributed by atoms with Crippen LogP contribution in [0.5, 0.6) is 5.75 Å². The lowest BCUT2D eigenvalue weighted by Gasteiger charge is -2.09. The van der Waals surface area contributed by atoms with Crippen LogP contribution in [-0.4, -0.2) is 42.5 Å². The lowest BCUT2D eigenvalue weighted by molar-refractivity contribution is -0.115. The molecule has 0 aliphatic rings. The molecule has 5 rings (SSSR count). The number of aryl methyl sites for hydroxylation is 2. The molecule has 35 heavy (non-hydrogen) atoms. The van der Waals surface area contributed by atoms with Gasteiger partial charge in [-0.25, -0.2) is 4.68 Å². The number of hydrogen-bond acceptors (Lipinski definition) is 6. The average Bonchev–Trinajstić information content (AvgIpc) is 3.43. The number of hydrogen-bond donors (Lipinski definition) is 2. The van der Waals surface area contributed by atoms with Gasteiger partial charge in [-0.05, 0) is 43.7 Å². The lowest BCUT2D eigenvalue weighted by Crippen LogP contribution is -2.20. The van der Waals surface area contributed by atoms with Gasteiger partial charge in [-0.1, -0.05) is 29.8 Å². The maximum absolute atomic E-state index is 12.8. The molecule has 10 nitrogen and oxygen atoms in total.